The van der Waals surface area contributed by atoms with E-state index in [1.54, 1.807) is 0 Å². The van der Waals surface area contributed by atoms with E-state index in [9.17, 15) is 4.79 Å². The van der Waals surface area contributed by atoms with Gasteiger partial charge >= 0.3 is 6.09 Å². The molecule has 2 saturated heterocycles. The zero-order chi connectivity index (χ0) is 15.7. The fraction of sp³-hybridized carbons (Fsp3) is 0.632. The van der Waals surface area contributed by atoms with E-state index in [-0.39, 0.29) is 6.09 Å². The van der Waals surface area contributed by atoms with Crippen molar-refractivity contribution in [3.63, 3.8) is 0 Å². The molecule has 1 aromatic carbocycles. The molecular formula is C19H26N2O2. The molecule has 3 fully saturated rings. The van der Waals surface area contributed by atoms with E-state index in [0.29, 0.717) is 23.1 Å². The van der Waals surface area contributed by atoms with Gasteiger partial charge in [-0.1, -0.05) is 31.0 Å². The number of amides is 1. The van der Waals surface area contributed by atoms with E-state index in [1.165, 1.54) is 32.1 Å². The van der Waals surface area contributed by atoms with Crippen LogP contribution in [0.2, 0.25) is 0 Å². The first-order valence-corrected chi connectivity index (χ1v) is 9.03. The van der Waals surface area contributed by atoms with Crippen LogP contribution >= 0.6 is 0 Å². The summed E-state index contributed by atoms with van der Waals surface area (Å²) in [4.78, 5) is 14.8. The number of piperidine rings is 1. The van der Waals surface area contributed by atoms with Crippen molar-refractivity contribution in [2.75, 3.05) is 19.6 Å². The summed E-state index contributed by atoms with van der Waals surface area (Å²) in [5.74, 6) is 1.32. The number of carbonyl (C=O) groups excluding carboxylic acids is 1. The van der Waals surface area contributed by atoms with Gasteiger partial charge in [-0.15, -0.1) is 0 Å². The maximum atomic E-state index is 12.8. The number of para-hydroxylation sites is 1. The van der Waals surface area contributed by atoms with Crippen LogP contribution in [0, 0.1) is 11.3 Å². The molecule has 2 heterocycles. The Labute approximate surface area is 138 Å². The van der Waals surface area contributed by atoms with Crippen molar-refractivity contribution in [2.45, 2.75) is 44.6 Å². The van der Waals surface area contributed by atoms with Crippen LogP contribution in [-0.2, 0) is 0 Å². The van der Waals surface area contributed by atoms with Gasteiger partial charge in [0.15, 0.2) is 0 Å². The molecule has 4 heteroatoms. The van der Waals surface area contributed by atoms with Crippen LogP contribution in [0.25, 0.3) is 0 Å². The molecule has 4 nitrogen and oxygen atoms in total. The van der Waals surface area contributed by atoms with Gasteiger partial charge < -0.3 is 15.0 Å². The van der Waals surface area contributed by atoms with Crippen LogP contribution in [0.4, 0.5) is 4.79 Å². The van der Waals surface area contributed by atoms with Gasteiger partial charge in [-0.05, 0) is 62.2 Å². The van der Waals surface area contributed by atoms with E-state index >= 15 is 0 Å². The minimum atomic E-state index is -0.150. The summed E-state index contributed by atoms with van der Waals surface area (Å²) in [6, 6.07) is 9.85. The van der Waals surface area contributed by atoms with Crippen LogP contribution in [0.3, 0.4) is 0 Å². The number of carbonyl (C=O) groups is 1. The standard InChI is InChI=1S/C19H26N2O2/c22-18(23-15-6-2-1-3-7-15)21-14-19(10-12-20-13-11-19)16-8-4-5-9-17(16)21/h1-3,6-7,16-17,20H,4-5,8-14H2/t16-,17+/m1/s1. The van der Waals surface area contributed by atoms with E-state index in [4.69, 9.17) is 4.74 Å². The van der Waals surface area contributed by atoms with Gasteiger partial charge in [-0.3, -0.25) is 0 Å². The van der Waals surface area contributed by atoms with Crippen molar-refractivity contribution in [1.82, 2.24) is 10.2 Å². The lowest BCUT2D eigenvalue weighted by atomic mass is 9.65. The first kappa shape index (κ1) is 15.0. The molecule has 0 bridgehead atoms. The maximum Gasteiger partial charge on any atom is 0.415 e. The third-order valence-corrected chi connectivity index (χ3v) is 6.18. The highest BCUT2D eigenvalue weighted by Gasteiger charge is 2.54. The third-order valence-electron chi connectivity index (χ3n) is 6.18. The largest absolute Gasteiger partial charge is 0.415 e. The van der Waals surface area contributed by atoms with Crippen LogP contribution in [0.5, 0.6) is 5.75 Å². The number of nitrogens with zero attached hydrogens (tertiary/aromatic N) is 1. The predicted octanol–water partition coefficient (Wildman–Crippen LogP) is 3.43. The number of nitrogens with one attached hydrogen (secondary N) is 1. The molecular weight excluding hydrogens is 288 g/mol. The quantitative estimate of drug-likeness (QED) is 0.863. The zero-order valence-corrected chi connectivity index (χ0v) is 13.7. The molecule has 1 spiro atoms. The van der Waals surface area contributed by atoms with Gasteiger partial charge in [0.25, 0.3) is 0 Å². The summed E-state index contributed by atoms with van der Waals surface area (Å²) >= 11 is 0. The summed E-state index contributed by atoms with van der Waals surface area (Å²) < 4.78 is 5.65. The Hall–Kier alpha value is -1.55. The van der Waals surface area contributed by atoms with Gasteiger partial charge in [0, 0.05) is 12.6 Å². The molecule has 2 atom stereocenters. The Kier molecular flexibility index (Phi) is 4.02. The first-order valence-electron chi connectivity index (χ1n) is 9.03. The Morgan fingerprint density at radius 3 is 2.65 bits per heavy atom. The molecule has 1 N–H and O–H groups in total. The number of rotatable bonds is 1. The second-order valence-corrected chi connectivity index (χ2v) is 7.38. The average molecular weight is 314 g/mol. The fourth-order valence-electron chi connectivity index (χ4n) is 5.07. The second kappa shape index (κ2) is 6.16. The van der Waals surface area contributed by atoms with E-state index in [1.807, 2.05) is 30.3 Å². The maximum absolute atomic E-state index is 12.8. The minimum absolute atomic E-state index is 0.150. The summed E-state index contributed by atoms with van der Waals surface area (Å²) in [7, 11) is 0. The highest BCUT2D eigenvalue weighted by molar-refractivity contribution is 5.71. The molecule has 23 heavy (non-hydrogen) atoms. The molecule has 1 aliphatic carbocycles. The fourth-order valence-corrected chi connectivity index (χ4v) is 5.07. The molecule has 2 aliphatic heterocycles. The van der Waals surface area contributed by atoms with Gasteiger partial charge in [0.2, 0.25) is 0 Å². The lowest BCUT2D eigenvalue weighted by Gasteiger charge is -2.41. The molecule has 1 aromatic rings. The van der Waals surface area contributed by atoms with Crippen LogP contribution in [0.15, 0.2) is 30.3 Å². The molecule has 0 aromatic heterocycles. The van der Waals surface area contributed by atoms with Gasteiger partial charge in [0.1, 0.15) is 5.75 Å². The molecule has 1 saturated carbocycles. The molecule has 1 amide bonds. The topological polar surface area (TPSA) is 41.6 Å². The molecule has 4 rings (SSSR count). The Balaban J connectivity index is 1.54. The van der Waals surface area contributed by atoms with E-state index < -0.39 is 0 Å². The summed E-state index contributed by atoms with van der Waals surface area (Å²) in [6.07, 6.45) is 7.22. The zero-order valence-electron chi connectivity index (χ0n) is 13.7. The summed E-state index contributed by atoms with van der Waals surface area (Å²) in [6.45, 7) is 3.06. The van der Waals surface area contributed by atoms with Crippen molar-refractivity contribution in [2.24, 2.45) is 11.3 Å². The lowest BCUT2D eigenvalue weighted by molar-refractivity contribution is 0.116. The van der Waals surface area contributed by atoms with Gasteiger partial charge in [-0.25, -0.2) is 4.79 Å². The monoisotopic (exact) mass is 314 g/mol. The number of hydrogen-bond acceptors (Lipinski definition) is 3. The predicted molar refractivity (Wildman–Crippen MR) is 89.5 cm³/mol. The van der Waals surface area contributed by atoms with Crippen LogP contribution in [0.1, 0.15) is 38.5 Å². The molecule has 0 unspecified atom stereocenters. The molecule has 0 radical (unpaired) electrons. The summed E-state index contributed by atoms with van der Waals surface area (Å²) in [5, 5.41) is 3.48. The van der Waals surface area contributed by atoms with Gasteiger partial charge in [-0.2, -0.15) is 0 Å². The van der Waals surface area contributed by atoms with Crippen molar-refractivity contribution in [3.05, 3.63) is 30.3 Å². The Bertz CT molecular complexity index is 554. The number of fused-ring (bicyclic) bond motifs is 2. The lowest BCUT2D eigenvalue weighted by Crippen LogP contribution is -2.43. The van der Waals surface area contributed by atoms with Crippen molar-refractivity contribution < 1.29 is 9.53 Å². The average Bonchev–Trinajstić information content (AvgIpc) is 2.91. The minimum Gasteiger partial charge on any atom is -0.410 e. The van der Waals surface area contributed by atoms with Crippen molar-refractivity contribution >= 4 is 6.09 Å². The number of ether oxygens (including phenoxy) is 1. The molecule has 3 aliphatic rings. The number of hydrogen-bond donors (Lipinski definition) is 1. The Morgan fingerprint density at radius 2 is 1.87 bits per heavy atom. The van der Waals surface area contributed by atoms with Crippen molar-refractivity contribution in [3.8, 4) is 5.75 Å². The van der Waals surface area contributed by atoms with E-state index in [2.05, 4.69) is 10.2 Å². The second-order valence-electron chi connectivity index (χ2n) is 7.38. The first-order chi connectivity index (χ1) is 11.3. The molecule has 124 valence electrons. The van der Waals surface area contributed by atoms with Crippen molar-refractivity contribution in [1.29, 1.82) is 0 Å². The highest BCUT2D eigenvalue weighted by Crippen LogP contribution is 2.52. The third kappa shape index (κ3) is 2.74. The number of benzene rings is 1. The SMILES string of the molecule is O=C(Oc1ccccc1)N1CC2(CCNCC2)[C@@H]2CCCC[C@@H]21. The Morgan fingerprint density at radius 1 is 1.13 bits per heavy atom. The smallest absolute Gasteiger partial charge is 0.410 e. The normalized spacial score (nSPS) is 29.3. The highest BCUT2D eigenvalue weighted by atomic mass is 16.6. The number of likely N-dealkylation sites (tertiary alicyclic amines) is 1. The van der Waals surface area contributed by atoms with Gasteiger partial charge in [0.05, 0.1) is 0 Å². The van der Waals surface area contributed by atoms with Crippen LogP contribution < -0.4 is 10.1 Å². The van der Waals surface area contributed by atoms with Crippen LogP contribution in [-0.4, -0.2) is 36.7 Å². The van der Waals surface area contributed by atoms with E-state index in [0.717, 1.165) is 26.1 Å². The summed E-state index contributed by atoms with van der Waals surface area (Å²) in [5.41, 5.74) is 0.325.